The average molecular weight is 703 g/mol. The van der Waals surface area contributed by atoms with Crippen molar-refractivity contribution in [3.8, 4) is 0 Å². The highest BCUT2D eigenvalue weighted by Crippen LogP contribution is 2.40. The monoisotopic (exact) mass is 702 g/mol. The molecular formula is C38H58N2O6S2. The molecule has 0 N–H and O–H groups in total. The normalized spacial score (nSPS) is 19.1. The van der Waals surface area contributed by atoms with Crippen LogP contribution in [0.5, 0.6) is 0 Å². The van der Waals surface area contributed by atoms with E-state index < -0.39 is 31.7 Å². The van der Waals surface area contributed by atoms with Gasteiger partial charge in [0.2, 0.25) is 9.84 Å². The summed E-state index contributed by atoms with van der Waals surface area (Å²) in [6.45, 7) is 6.24. The molecule has 10 heteroatoms. The molecule has 2 atom stereocenters. The molecule has 2 aromatic rings. The largest absolute Gasteiger partial charge is 0.381 e. The summed E-state index contributed by atoms with van der Waals surface area (Å²) >= 11 is 4.97. The first-order valence-corrected chi connectivity index (χ1v) is 20.2. The van der Waals surface area contributed by atoms with Gasteiger partial charge in [-0.15, -0.1) is 0 Å². The summed E-state index contributed by atoms with van der Waals surface area (Å²) in [4.78, 5) is 8.77. The Bertz CT molecular complexity index is 1360. The van der Waals surface area contributed by atoms with Crippen LogP contribution in [0, 0.1) is 0 Å². The molecule has 1 aromatic carbocycles. The first-order valence-electron chi connectivity index (χ1n) is 18.2. The molecular weight excluding hydrogens is 645 g/mol. The SMILES string of the molecule is CCCCCCCCC=CCCCCCCC(S)C(c1ccc(C2(C)OCCO2)cc1)S(=O)(=O)c1cc(C2(OC)CCOCC2)ncn1. The summed E-state index contributed by atoms with van der Waals surface area (Å²) < 4.78 is 52.1. The minimum Gasteiger partial charge on any atom is -0.381 e. The lowest BCUT2D eigenvalue weighted by atomic mass is 9.90. The van der Waals surface area contributed by atoms with Gasteiger partial charge in [-0.2, -0.15) is 12.6 Å². The van der Waals surface area contributed by atoms with E-state index in [1.165, 1.54) is 51.3 Å². The van der Waals surface area contributed by atoms with Crippen molar-refractivity contribution in [1.29, 1.82) is 0 Å². The van der Waals surface area contributed by atoms with Crippen molar-refractivity contribution in [3.63, 3.8) is 0 Å². The van der Waals surface area contributed by atoms with Crippen LogP contribution >= 0.6 is 12.6 Å². The van der Waals surface area contributed by atoms with Crippen molar-refractivity contribution in [1.82, 2.24) is 9.97 Å². The van der Waals surface area contributed by atoms with Gasteiger partial charge in [0.05, 0.1) is 18.9 Å². The number of allylic oxidation sites excluding steroid dienone is 2. The van der Waals surface area contributed by atoms with Crippen LogP contribution in [-0.4, -0.2) is 57.2 Å². The van der Waals surface area contributed by atoms with Crippen LogP contribution in [0.3, 0.4) is 0 Å². The smallest absolute Gasteiger partial charge is 0.203 e. The number of unbranched alkanes of at least 4 members (excludes halogenated alkanes) is 10. The number of hydrogen-bond donors (Lipinski definition) is 1. The molecule has 2 fully saturated rings. The molecule has 1 aromatic heterocycles. The Kier molecular flexibility index (Phi) is 15.9. The van der Waals surface area contributed by atoms with Crippen molar-refractivity contribution < 1.29 is 27.4 Å². The van der Waals surface area contributed by atoms with E-state index in [1.807, 2.05) is 31.2 Å². The Morgan fingerprint density at radius 3 is 2.10 bits per heavy atom. The molecule has 2 aliphatic rings. The maximum atomic E-state index is 14.5. The van der Waals surface area contributed by atoms with Gasteiger partial charge in [-0.25, -0.2) is 18.4 Å². The van der Waals surface area contributed by atoms with Gasteiger partial charge in [0.1, 0.15) is 17.2 Å². The van der Waals surface area contributed by atoms with Gasteiger partial charge in [0.25, 0.3) is 0 Å². The third-order valence-electron chi connectivity index (χ3n) is 9.89. The van der Waals surface area contributed by atoms with Crippen molar-refractivity contribution in [3.05, 3.63) is 65.6 Å². The fourth-order valence-electron chi connectivity index (χ4n) is 6.80. The lowest BCUT2D eigenvalue weighted by Gasteiger charge is -2.35. The second kappa shape index (κ2) is 19.5. The molecule has 0 bridgehead atoms. The maximum absolute atomic E-state index is 14.5. The van der Waals surface area contributed by atoms with Crippen molar-refractivity contribution >= 4 is 22.5 Å². The number of nitrogens with zero attached hydrogens (tertiary/aromatic N) is 2. The van der Waals surface area contributed by atoms with E-state index in [1.54, 1.807) is 13.2 Å². The predicted molar refractivity (Wildman–Crippen MR) is 194 cm³/mol. The van der Waals surface area contributed by atoms with Crippen molar-refractivity contribution in [2.45, 2.75) is 137 Å². The second-order valence-corrected chi connectivity index (χ2v) is 16.0. The Labute approximate surface area is 295 Å². The summed E-state index contributed by atoms with van der Waals surface area (Å²) in [6.07, 6.45) is 22.3. The van der Waals surface area contributed by atoms with Gasteiger partial charge in [-0.3, -0.25) is 0 Å². The number of rotatable bonds is 21. The molecule has 0 spiro atoms. The van der Waals surface area contributed by atoms with Gasteiger partial charge >= 0.3 is 0 Å². The fourth-order valence-corrected chi connectivity index (χ4v) is 9.43. The number of aromatic nitrogens is 2. The molecule has 0 saturated carbocycles. The highest BCUT2D eigenvalue weighted by atomic mass is 32.2. The van der Waals surface area contributed by atoms with E-state index in [4.69, 9.17) is 31.6 Å². The molecule has 2 unspecified atom stereocenters. The molecule has 0 aliphatic carbocycles. The van der Waals surface area contributed by atoms with Crippen LogP contribution in [-0.2, 0) is 40.2 Å². The molecule has 3 heterocycles. The molecule has 268 valence electrons. The lowest BCUT2D eigenvalue weighted by molar-refractivity contribution is -0.149. The second-order valence-electron chi connectivity index (χ2n) is 13.4. The van der Waals surface area contributed by atoms with E-state index >= 15 is 0 Å². The quantitative estimate of drug-likeness (QED) is 0.0597. The third-order valence-corrected chi connectivity index (χ3v) is 12.7. The average Bonchev–Trinajstić information content (AvgIpc) is 3.56. The van der Waals surface area contributed by atoms with Crippen LogP contribution in [0.1, 0.15) is 132 Å². The highest BCUT2D eigenvalue weighted by Gasteiger charge is 2.40. The van der Waals surface area contributed by atoms with Crippen LogP contribution in [0.4, 0.5) is 0 Å². The summed E-state index contributed by atoms with van der Waals surface area (Å²) in [5, 5.41) is -1.33. The van der Waals surface area contributed by atoms with Crippen LogP contribution in [0.25, 0.3) is 0 Å². The van der Waals surface area contributed by atoms with Crippen LogP contribution < -0.4 is 0 Å². The first kappa shape index (κ1) is 39.0. The summed E-state index contributed by atoms with van der Waals surface area (Å²) in [5.74, 6) is -0.837. The number of benzene rings is 1. The van der Waals surface area contributed by atoms with Crippen LogP contribution in [0.2, 0.25) is 0 Å². The molecule has 8 nitrogen and oxygen atoms in total. The summed E-state index contributed by atoms with van der Waals surface area (Å²) in [5.41, 5.74) is 1.38. The van der Waals surface area contributed by atoms with Gasteiger partial charge in [0.15, 0.2) is 10.8 Å². The van der Waals surface area contributed by atoms with Gasteiger partial charge in [-0.05, 0) is 44.6 Å². The number of hydrogen-bond acceptors (Lipinski definition) is 9. The Balaban J connectivity index is 1.41. The van der Waals surface area contributed by atoms with E-state index in [0.29, 0.717) is 56.9 Å². The molecule has 0 amide bonds. The molecule has 2 aliphatic heterocycles. The Morgan fingerprint density at radius 1 is 0.875 bits per heavy atom. The number of thiol groups is 1. The van der Waals surface area contributed by atoms with Gasteiger partial charge in [0, 0.05) is 50.0 Å². The summed E-state index contributed by atoms with van der Waals surface area (Å²) in [6, 6.07) is 9.12. The summed E-state index contributed by atoms with van der Waals surface area (Å²) in [7, 11) is -2.31. The third kappa shape index (κ3) is 10.6. The van der Waals surface area contributed by atoms with E-state index in [2.05, 4.69) is 29.0 Å². The highest BCUT2D eigenvalue weighted by molar-refractivity contribution is 7.93. The Morgan fingerprint density at radius 2 is 1.48 bits per heavy atom. The molecule has 2 saturated heterocycles. The number of methoxy groups -OCH3 is 1. The minimum atomic E-state index is -3.95. The topological polar surface area (TPSA) is 96.8 Å². The lowest BCUT2D eigenvalue weighted by Crippen LogP contribution is -2.36. The molecule has 4 rings (SSSR count). The zero-order valence-corrected chi connectivity index (χ0v) is 31.1. The number of ether oxygens (including phenoxy) is 4. The fraction of sp³-hybridized carbons (Fsp3) is 0.684. The maximum Gasteiger partial charge on any atom is 0.203 e. The van der Waals surface area contributed by atoms with Crippen molar-refractivity contribution in [2.75, 3.05) is 33.5 Å². The standard InChI is InChI=1S/C38H58N2O6S2/c1-4-5-6-7-8-9-10-11-12-13-14-15-16-17-18-33(47)36(31-19-21-32(22-20-31)37(2)45-27-28-46-37)48(41,42)35-29-34(39-30-40-35)38(43-3)23-25-44-26-24-38/h11-12,19-22,29-30,33,36,47H,4-10,13-18,23-28H2,1-3H3. The van der Waals surface area contributed by atoms with E-state index in [9.17, 15) is 8.42 Å². The molecule has 0 radical (unpaired) electrons. The predicted octanol–water partition coefficient (Wildman–Crippen LogP) is 8.81. The van der Waals surface area contributed by atoms with Gasteiger partial charge in [-0.1, -0.05) is 94.7 Å². The van der Waals surface area contributed by atoms with Crippen LogP contribution in [0.15, 0.2) is 53.8 Å². The van der Waals surface area contributed by atoms with E-state index in [0.717, 1.165) is 37.7 Å². The zero-order valence-electron chi connectivity index (χ0n) is 29.4. The zero-order chi connectivity index (χ0) is 34.3. The Hall–Kier alpha value is -1.82. The molecule has 48 heavy (non-hydrogen) atoms. The number of sulfone groups is 1. The minimum absolute atomic E-state index is 0.00860. The van der Waals surface area contributed by atoms with Gasteiger partial charge < -0.3 is 18.9 Å². The van der Waals surface area contributed by atoms with E-state index in [-0.39, 0.29) is 5.03 Å². The first-order chi connectivity index (χ1) is 23.3. The van der Waals surface area contributed by atoms with Crippen molar-refractivity contribution in [2.24, 2.45) is 0 Å².